The van der Waals surface area contributed by atoms with Crippen LogP contribution < -0.4 is 10.1 Å². The van der Waals surface area contributed by atoms with Gasteiger partial charge in [0.25, 0.3) is 0 Å². The average molecular weight is 297 g/mol. The van der Waals surface area contributed by atoms with Gasteiger partial charge in [-0.25, -0.2) is 0 Å². The molecule has 1 amide bonds. The lowest BCUT2D eigenvalue weighted by molar-refractivity contribution is -0.117. The predicted octanol–water partition coefficient (Wildman–Crippen LogP) is 2.98. The summed E-state index contributed by atoms with van der Waals surface area (Å²) in [5, 5.41) is 2.97. The minimum Gasteiger partial charge on any atom is -0.493 e. The molecule has 1 aromatic heterocycles. The topological polar surface area (TPSA) is 51.5 Å². The van der Waals surface area contributed by atoms with Gasteiger partial charge in [-0.2, -0.15) is 0 Å². The van der Waals surface area contributed by atoms with Gasteiger partial charge in [0.1, 0.15) is 5.75 Å². The van der Waals surface area contributed by atoms with Crippen molar-refractivity contribution in [2.45, 2.75) is 25.8 Å². The number of nitrogens with one attached hydrogen (secondary N) is 1. The average Bonchev–Trinajstić information content (AvgIpc) is 3.15. The van der Waals surface area contributed by atoms with Gasteiger partial charge in [-0.15, -0.1) is 0 Å². The zero-order chi connectivity index (χ0) is 15.4. The molecule has 2 aromatic rings. The number of carbonyl (C=O) groups excluding carboxylic acids is 1. The van der Waals surface area contributed by atoms with E-state index < -0.39 is 0 Å². The summed E-state index contributed by atoms with van der Waals surface area (Å²) in [7, 11) is 0. The maximum Gasteiger partial charge on any atom is 0.244 e. The monoisotopic (exact) mass is 297 g/mol. The highest BCUT2D eigenvalue weighted by molar-refractivity contribution is 5.91. The first-order valence-corrected chi connectivity index (χ1v) is 7.46. The number of hydrogen-bond donors (Lipinski definition) is 1. The van der Waals surface area contributed by atoms with Crippen LogP contribution in [0.5, 0.6) is 5.75 Å². The maximum atomic E-state index is 11.9. The van der Waals surface area contributed by atoms with Crippen molar-refractivity contribution in [3.63, 3.8) is 0 Å². The minimum atomic E-state index is -0.0989. The van der Waals surface area contributed by atoms with E-state index in [1.54, 1.807) is 24.7 Å². The number of carbonyl (C=O) groups is 1. The van der Waals surface area contributed by atoms with Gasteiger partial charge < -0.3 is 14.5 Å². The summed E-state index contributed by atoms with van der Waals surface area (Å²) in [5.74, 6) is 0.890. The summed E-state index contributed by atoms with van der Waals surface area (Å²) in [6.45, 7) is 2.77. The smallest absolute Gasteiger partial charge is 0.244 e. The van der Waals surface area contributed by atoms with E-state index in [2.05, 4.69) is 17.4 Å². The molecule has 1 atom stereocenters. The van der Waals surface area contributed by atoms with Crippen molar-refractivity contribution in [1.29, 1.82) is 0 Å². The zero-order valence-electron chi connectivity index (χ0n) is 12.5. The zero-order valence-corrected chi connectivity index (χ0v) is 12.5. The summed E-state index contributed by atoms with van der Waals surface area (Å²) >= 11 is 0. The SMILES string of the molecule is CC(Cc1ccc2c(c1)CCO2)NC(=O)C=Cc1ccoc1. The molecule has 1 unspecified atom stereocenters. The van der Waals surface area contributed by atoms with Crippen LogP contribution in [0.15, 0.2) is 47.3 Å². The molecule has 0 bridgehead atoms. The number of furan rings is 1. The fourth-order valence-electron chi connectivity index (χ4n) is 2.60. The Labute approximate surface area is 129 Å². The van der Waals surface area contributed by atoms with Gasteiger partial charge >= 0.3 is 0 Å². The van der Waals surface area contributed by atoms with Crippen LogP contribution >= 0.6 is 0 Å². The number of ether oxygens (including phenoxy) is 1. The normalized spacial score (nSPS) is 14.6. The predicted molar refractivity (Wildman–Crippen MR) is 84.7 cm³/mol. The van der Waals surface area contributed by atoms with E-state index in [9.17, 15) is 4.79 Å². The van der Waals surface area contributed by atoms with Crippen LogP contribution in [-0.4, -0.2) is 18.6 Å². The van der Waals surface area contributed by atoms with Crippen molar-refractivity contribution in [2.24, 2.45) is 0 Å². The highest BCUT2D eigenvalue weighted by Gasteiger charge is 2.13. The van der Waals surface area contributed by atoms with Crippen LogP contribution in [0.2, 0.25) is 0 Å². The van der Waals surface area contributed by atoms with Crippen LogP contribution in [-0.2, 0) is 17.6 Å². The third-order valence-electron chi connectivity index (χ3n) is 3.65. The molecular formula is C18H19NO3. The molecule has 114 valence electrons. The van der Waals surface area contributed by atoms with E-state index in [0.29, 0.717) is 0 Å². The standard InChI is InChI=1S/C18H19NO3/c1-13(19-18(20)5-3-14-6-8-21-12-14)10-15-2-4-17-16(11-15)7-9-22-17/h2-6,8,11-13H,7,9-10H2,1H3,(H,19,20). The van der Waals surface area contributed by atoms with E-state index in [-0.39, 0.29) is 11.9 Å². The molecule has 0 fully saturated rings. The lowest BCUT2D eigenvalue weighted by Crippen LogP contribution is -2.32. The first-order chi connectivity index (χ1) is 10.7. The van der Waals surface area contributed by atoms with Crippen molar-refractivity contribution in [2.75, 3.05) is 6.61 Å². The van der Waals surface area contributed by atoms with Gasteiger partial charge in [0, 0.05) is 24.1 Å². The molecule has 0 spiro atoms. The summed E-state index contributed by atoms with van der Waals surface area (Å²) in [6, 6.07) is 8.13. The minimum absolute atomic E-state index is 0.0712. The van der Waals surface area contributed by atoms with Crippen molar-refractivity contribution in [3.8, 4) is 5.75 Å². The molecular weight excluding hydrogens is 278 g/mol. The number of rotatable bonds is 5. The third kappa shape index (κ3) is 3.58. The second-order valence-electron chi connectivity index (χ2n) is 5.54. The van der Waals surface area contributed by atoms with E-state index in [1.165, 1.54) is 17.2 Å². The van der Waals surface area contributed by atoms with Gasteiger partial charge in [-0.3, -0.25) is 4.79 Å². The highest BCUT2D eigenvalue weighted by atomic mass is 16.5. The summed E-state index contributed by atoms with van der Waals surface area (Å²) in [5.41, 5.74) is 3.35. The molecule has 4 heteroatoms. The van der Waals surface area contributed by atoms with Crippen LogP contribution in [0.1, 0.15) is 23.6 Å². The fourth-order valence-corrected chi connectivity index (χ4v) is 2.60. The van der Waals surface area contributed by atoms with Crippen molar-refractivity contribution in [1.82, 2.24) is 5.32 Å². The Morgan fingerprint density at radius 1 is 1.41 bits per heavy atom. The Morgan fingerprint density at radius 3 is 3.14 bits per heavy atom. The number of fused-ring (bicyclic) bond motifs is 1. The summed E-state index contributed by atoms with van der Waals surface area (Å²) in [4.78, 5) is 11.9. The molecule has 0 saturated carbocycles. The molecule has 1 aliphatic rings. The van der Waals surface area contributed by atoms with Crippen molar-refractivity contribution >= 4 is 12.0 Å². The summed E-state index contributed by atoms with van der Waals surface area (Å²) in [6.07, 6.45) is 8.21. The molecule has 22 heavy (non-hydrogen) atoms. The molecule has 2 heterocycles. The largest absolute Gasteiger partial charge is 0.493 e. The van der Waals surface area contributed by atoms with E-state index >= 15 is 0 Å². The molecule has 1 N–H and O–H groups in total. The highest BCUT2D eigenvalue weighted by Crippen LogP contribution is 2.26. The first kappa shape index (κ1) is 14.4. The van der Waals surface area contributed by atoms with Crippen LogP contribution in [0, 0.1) is 0 Å². The number of benzene rings is 1. The van der Waals surface area contributed by atoms with Gasteiger partial charge in [-0.05, 0) is 42.7 Å². The Hall–Kier alpha value is -2.49. The maximum absolute atomic E-state index is 11.9. The van der Waals surface area contributed by atoms with Gasteiger partial charge in [0.15, 0.2) is 0 Å². The molecule has 0 radical (unpaired) electrons. The van der Waals surface area contributed by atoms with E-state index in [4.69, 9.17) is 9.15 Å². The molecule has 3 rings (SSSR count). The van der Waals surface area contributed by atoms with Crippen LogP contribution in [0.3, 0.4) is 0 Å². The van der Waals surface area contributed by atoms with Crippen LogP contribution in [0.4, 0.5) is 0 Å². The van der Waals surface area contributed by atoms with Crippen molar-refractivity contribution in [3.05, 3.63) is 59.6 Å². The lowest BCUT2D eigenvalue weighted by atomic mass is 10.0. The van der Waals surface area contributed by atoms with Crippen LogP contribution in [0.25, 0.3) is 6.08 Å². The Bertz CT molecular complexity index is 674. The third-order valence-corrected chi connectivity index (χ3v) is 3.65. The Kier molecular flexibility index (Phi) is 4.28. The quantitative estimate of drug-likeness (QED) is 0.863. The molecule has 4 nitrogen and oxygen atoms in total. The van der Waals surface area contributed by atoms with Gasteiger partial charge in [0.05, 0.1) is 19.1 Å². The van der Waals surface area contributed by atoms with Crippen molar-refractivity contribution < 1.29 is 13.9 Å². The van der Waals surface area contributed by atoms with Gasteiger partial charge in [-0.1, -0.05) is 12.1 Å². The summed E-state index contributed by atoms with van der Waals surface area (Å²) < 4.78 is 10.5. The number of hydrogen-bond acceptors (Lipinski definition) is 3. The first-order valence-electron chi connectivity index (χ1n) is 7.46. The molecule has 1 aromatic carbocycles. The number of amides is 1. The van der Waals surface area contributed by atoms with E-state index in [1.807, 2.05) is 13.0 Å². The fraction of sp³-hybridized carbons (Fsp3) is 0.278. The van der Waals surface area contributed by atoms with Gasteiger partial charge in [0.2, 0.25) is 5.91 Å². The molecule has 1 aliphatic heterocycles. The lowest BCUT2D eigenvalue weighted by Gasteiger charge is -2.13. The Morgan fingerprint density at radius 2 is 2.32 bits per heavy atom. The molecule has 0 aliphatic carbocycles. The second-order valence-corrected chi connectivity index (χ2v) is 5.54. The van der Waals surface area contributed by atoms with E-state index in [0.717, 1.165) is 30.8 Å². The molecule has 0 saturated heterocycles. The second kappa shape index (κ2) is 6.52. The Balaban J connectivity index is 1.53.